The molecule has 0 spiro atoms. The number of amides is 4. The minimum absolute atomic E-state index is 0.00980. The van der Waals surface area contributed by atoms with E-state index in [9.17, 15) is 19.2 Å². The number of rotatable bonds is 8. The van der Waals surface area contributed by atoms with E-state index in [0.29, 0.717) is 50.1 Å². The number of imide groups is 1. The summed E-state index contributed by atoms with van der Waals surface area (Å²) in [5, 5.41) is 2.86. The highest BCUT2D eigenvalue weighted by Crippen LogP contribution is 2.23. The molecule has 0 aliphatic carbocycles. The third kappa shape index (κ3) is 5.17. The monoisotopic (exact) mass is 415 g/mol. The van der Waals surface area contributed by atoms with E-state index < -0.39 is 6.09 Å². The van der Waals surface area contributed by atoms with Crippen LogP contribution in [0.4, 0.5) is 4.79 Å². The molecule has 0 aromatic heterocycles. The lowest BCUT2D eigenvalue weighted by Gasteiger charge is -2.32. The maximum Gasteiger partial charge on any atom is 0.407 e. The van der Waals surface area contributed by atoms with Gasteiger partial charge < -0.3 is 15.0 Å². The molecule has 1 aromatic carbocycles. The van der Waals surface area contributed by atoms with Gasteiger partial charge in [-0.15, -0.1) is 0 Å². The Bertz CT molecular complexity index is 767. The first kappa shape index (κ1) is 21.8. The van der Waals surface area contributed by atoms with E-state index >= 15 is 0 Å². The molecule has 0 radical (unpaired) electrons. The third-order valence-corrected chi connectivity index (χ3v) is 5.55. The van der Waals surface area contributed by atoms with Crippen molar-refractivity contribution in [3.05, 3.63) is 35.4 Å². The predicted octanol–water partition coefficient (Wildman–Crippen LogP) is 2.58. The lowest BCUT2D eigenvalue weighted by atomic mass is 10.0. The molecule has 8 heteroatoms. The highest BCUT2D eigenvalue weighted by Gasteiger charge is 2.34. The number of ether oxygens (including phenoxy) is 1. The van der Waals surface area contributed by atoms with Crippen LogP contribution in [0, 0.1) is 0 Å². The second kappa shape index (κ2) is 10.2. The van der Waals surface area contributed by atoms with E-state index in [1.54, 1.807) is 29.2 Å². The van der Waals surface area contributed by atoms with Gasteiger partial charge in [-0.05, 0) is 37.8 Å². The minimum atomic E-state index is -0.394. The van der Waals surface area contributed by atoms with E-state index in [1.807, 2.05) is 6.92 Å². The topological polar surface area (TPSA) is 96.0 Å². The molecule has 1 aromatic rings. The van der Waals surface area contributed by atoms with E-state index in [4.69, 9.17) is 4.74 Å². The van der Waals surface area contributed by atoms with Crippen LogP contribution in [0.15, 0.2) is 24.3 Å². The molecule has 0 bridgehead atoms. The third-order valence-electron chi connectivity index (χ3n) is 5.55. The smallest absolute Gasteiger partial charge is 0.407 e. The summed E-state index contributed by atoms with van der Waals surface area (Å²) in [6, 6.07) is 6.79. The van der Waals surface area contributed by atoms with Crippen molar-refractivity contribution in [1.29, 1.82) is 0 Å². The maximum absolute atomic E-state index is 12.5. The van der Waals surface area contributed by atoms with Crippen LogP contribution in [0.25, 0.3) is 0 Å². The van der Waals surface area contributed by atoms with Crippen molar-refractivity contribution in [1.82, 2.24) is 15.1 Å². The number of hydrogen-bond donors (Lipinski definition) is 1. The van der Waals surface area contributed by atoms with Crippen molar-refractivity contribution >= 4 is 23.8 Å². The normalized spacial score (nSPS) is 16.6. The van der Waals surface area contributed by atoms with E-state index in [-0.39, 0.29) is 36.7 Å². The predicted molar refractivity (Wildman–Crippen MR) is 110 cm³/mol. The lowest BCUT2D eigenvalue weighted by Crippen LogP contribution is -2.46. The summed E-state index contributed by atoms with van der Waals surface area (Å²) in [7, 11) is 0. The molecule has 0 saturated carbocycles. The van der Waals surface area contributed by atoms with E-state index in [0.717, 1.165) is 12.8 Å². The highest BCUT2D eigenvalue weighted by atomic mass is 16.5. The van der Waals surface area contributed by atoms with Gasteiger partial charge in [-0.2, -0.15) is 0 Å². The van der Waals surface area contributed by atoms with Gasteiger partial charge in [0.2, 0.25) is 5.91 Å². The first-order valence-corrected chi connectivity index (χ1v) is 10.7. The van der Waals surface area contributed by atoms with Gasteiger partial charge in [-0.25, -0.2) is 4.79 Å². The van der Waals surface area contributed by atoms with Crippen molar-refractivity contribution in [3.8, 4) is 0 Å². The number of benzene rings is 1. The molecular weight excluding hydrogens is 386 g/mol. The molecule has 2 aliphatic heterocycles. The summed E-state index contributed by atoms with van der Waals surface area (Å²) in [5.74, 6) is -0.572. The molecule has 1 saturated heterocycles. The van der Waals surface area contributed by atoms with E-state index in [2.05, 4.69) is 5.32 Å². The average Bonchev–Trinajstić information content (AvgIpc) is 2.99. The van der Waals surface area contributed by atoms with Crippen LogP contribution in [-0.2, 0) is 9.53 Å². The fourth-order valence-electron chi connectivity index (χ4n) is 3.78. The Morgan fingerprint density at radius 2 is 1.70 bits per heavy atom. The van der Waals surface area contributed by atoms with E-state index in [1.165, 1.54) is 4.90 Å². The van der Waals surface area contributed by atoms with Gasteiger partial charge in [0.15, 0.2) is 0 Å². The molecule has 1 N–H and O–H groups in total. The summed E-state index contributed by atoms with van der Waals surface area (Å²) in [5.41, 5.74) is 0.855. The molecule has 4 amide bonds. The van der Waals surface area contributed by atoms with Gasteiger partial charge in [0.1, 0.15) is 0 Å². The standard InChI is InChI=1S/C22H29N3O5/c1-2-3-15-30-22(29)23-16-10-13-24(14-11-16)19(26)9-6-12-25-20(27)17-7-4-5-8-18(17)21(25)28/h4-5,7-8,16H,2-3,6,9-15H2,1H3,(H,23,29). The number of carbonyl (C=O) groups excluding carboxylic acids is 4. The van der Waals surface area contributed by atoms with Crippen LogP contribution >= 0.6 is 0 Å². The van der Waals surface area contributed by atoms with Crippen molar-refractivity contribution in [2.75, 3.05) is 26.2 Å². The van der Waals surface area contributed by atoms with Crippen molar-refractivity contribution < 1.29 is 23.9 Å². The van der Waals surface area contributed by atoms with Gasteiger partial charge in [0.05, 0.1) is 17.7 Å². The van der Waals surface area contributed by atoms with Gasteiger partial charge in [0.25, 0.3) is 11.8 Å². The zero-order valence-electron chi connectivity index (χ0n) is 17.4. The van der Waals surface area contributed by atoms with Crippen molar-refractivity contribution in [2.45, 2.75) is 51.5 Å². The molecule has 2 heterocycles. The summed E-state index contributed by atoms with van der Waals surface area (Å²) in [4.78, 5) is 51.9. The summed E-state index contributed by atoms with van der Waals surface area (Å²) < 4.78 is 5.11. The van der Waals surface area contributed by atoms with Crippen LogP contribution in [-0.4, -0.2) is 65.9 Å². The number of nitrogens with one attached hydrogen (secondary N) is 1. The van der Waals surface area contributed by atoms with Gasteiger partial charge >= 0.3 is 6.09 Å². The van der Waals surface area contributed by atoms with Crippen LogP contribution in [0.3, 0.4) is 0 Å². The number of piperidine rings is 1. The molecule has 3 rings (SSSR count). The van der Waals surface area contributed by atoms with Gasteiger partial charge in [0, 0.05) is 32.1 Å². The zero-order valence-corrected chi connectivity index (χ0v) is 17.4. The number of hydrogen-bond acceptors (Lipinski definition) is 5. The second-order valence-corrected chi connectivity index (χ2v) is 7.70. The number of alkyl carbamates (subject to hydrolysis) is 1. The quantitative estimate of drug-likeness (QED) is 0.520. The van der Waals surface area contributed by atoms with Gasteiger partial charge in [-0.1, -0.05) is 25.5 Å². The number of carbonyl (C=O) groups is 4. The molecule has 8 nitrogen and oxygen atoms in total. The van der Waals surface area contributed by atoms with Crippen LogP contribution in [0.1, 0.15) is 66.2 Å². The fourth-order valence-corrected chi connectivity index (χ4v) is 3.78. The summed E-state index contributed by atoms with van der Waals surface area (Å²) in [6.45, 7) is 3.85. The molecule has 0 unspecified atom stereocenters. The first-order valence-electron chi connectivity index (χ1n) is 10.7. The zero-order chi connectivity index (χ0) is 21.5. The second-order valence-electron chi connectivity index (χ2n) is 7.70. The number of fused-ring (bicyclic) bond motifs is 1. The number of unbranched alkanes of at least 4 members (excludes halogenated alkanes) is 1. The average molecular weight is 415 g/mol. The largest absolute Gasteiger partial charge is 0.450 e. The summed E-state index contributed by atoms with van der Waals surface area (Å²) in [6.07, 6.45) is 3.52. The molecular formula is C22H29N3O5. The Balaban J connectivity index is 1.36. The summed E-state index contributed by atoms with van der Waals surface area (Å²) >= 11 is 0. The van der Waals surface area contributed by atoms with Crippen LogP contribution < -0.4 is 5.32 Å². The molecule has 1 fully saturated rings. The Labute approximate surface area is 176 Å². The Kier molecular flexibility index (Phi) is 7.43. The number of likely N-dealkylation sites (tertiary alicyclic amines) is 1. The first-order chi connectivity index (χ1) is 14.5. The maximum atomic E-state index is 12.5. The Hall–Kier alpha value is -2.90. The molecule has 30 heavy (non-hydrogen) atoms. The molecule has 2 aliphatic rings. The highest BCUT2D eigenvalue weighted by molar-refractivity contribution is 6.21. The molecule has 0 atom stereocenters. The minimum Gasteiger partial charge on any atom is -0.450 e. The Morgan fingerprint density at radius 3 is 2.30 bits per heavy atom. The number of nitrogens with zero attached hydrogens (tertiary/aromatic N) is 2. The lowest BCUT2D eigenvalue weighted by molar-refractivity contribution is -0.132. The van der Waals surface area contributed by atoms with Crippen molar-refractivity contribution in [2.24, 2.45) is 0 Å². The SMILES string of the molecule is CCCCOC(=O)NC1CCN(C(=O)CCCN2C(=O)c3ccccc3C2=O)CC1. The Morgan fingerprint density at radius 1 is 1.07 bits per heavy atom. The van der Waals surface area contributed by atoms with Crippen LogP contribution in [0.5, 0.6) is 0 Å². The fraction of sp³-hybridized carbons (Fsp3) is 0.545. The van der Waals surface area contributed by atoms with Gasteiger partial charge in [-0.3, -0.25) is 19.3 Å². The van der Waals surface area contributed by atoms with Crippen molar-refractivity contribution in [3.63, 3.8) is 0 Å². The van der Waals surface area contributed by atoms with Crippen LogP contribution in [0.2, 0.25) is 0 Å². The molecule has 162 valence electrons.